The first kappa shape index (κ1) is 14.6. The number of rotatable bonds is 5. The van der Waals surface area contributed by atoms with Gasteiger partial charge in [-0.2, -0.15) is 9.79 Å². The van der Waals surface area contributed by atoms with Crippen LogP contribution in [-0.4, -0.2) is 31.7 Å². The standard InChI is InChI=1S/C7H13NO5P2/c1-6(2,14(10)11)8(5-9)7(3,4)15(12)13/h5H,1-4H3/p+2. The van der Waals surface area contributed by atoms with Crippen LogP contribution in [0.15, 0.2) is 0 Å². The first-order chi connectivity index (χ1) is 6.58. The Labute approximate surface area is 90.0 Å². The summed E-state index contributed by atoms with van der Waals surface area (Å²) >= 11 is 0. The third-order valence-corrected chi connectivity index (χ3v) is 4.52. The Morgan fingerprint density at radius 1 is 1.00 bits per heavy atom. The van der Waals surface area contributed by atoms with Crippen LogP contribution in [0.1, 0.15) is 27.7 Å². The molecule has 0 aliphatic heterocycles. The number of carbonyl (C=O) groups is 1. The molecule has 15 heavy (non-hydrogen) atoms. The summed E-state index contributed by atoms with van der Waals surface area (Å²) in [6.45, 7) is 5.45. The van der Waals surface area contributed by atoms with Gasteiger partial charge in [-0.05, 0) is 9.13 Å². The molecule has 0 saturated carbocycles. The molecule has 0 aromatic carbocycles. The Kier molecular flexibility index (Phi) is 4.49. The molecule has 0 fully saturated rings. The minimum Gasteiger partial charge on any atom is -0.278 e. The van der Waals surface area contributed by atoms with Crippen molar-refractivity contribution in [1.82, 2.24) is 4.90 Å². The predicted octanol–water partition coefficient (Wildman–Crippen LogP) is 1.39. The predicted molar refractivity (Wildman–Crippen MR) is 55.7 cm³/mol. The summed E-state index contributed by atoms with van der Waals surface area (Å²) in [6, 6.07) is 0. The van der Waals surface area contributed by atoms with Crippen molar-refractivity contribution >= 4 is 22.5 Å². The maximum absolute atomic E-state index is 11.1. The van der Waals surface area contributed by atoms with Gasteiger partial charge in [0, 0.05) is 27.7 Å². The monoisotopic (exact) mass is 255 g/mol. The van der Waals surface area contributed by atoms with Crippen LogP contribution in [0.25, 0.3) is 0 Å². The van der Waals surface area contributed by atoms with Crippen molar-refractivity contribution in [1.29, 1.82) is 0 Å². The Balaban J connectivity index is 5.35. The van der Waals surface area contributed by atoms with Crippen molar-refractivity contribution in [2.75, 3.05) is 0 Å². The zero-order chi connectivity index (χ0) is 12.4. The van der Waals surface area contributed by atoms with Crippen molar-refractivity contribution < 1.29 is 23.7 Å². The van der Waals surface area contributed by atoms with E-state index in [0.717, 1.165) is 4.90 Å². The summed E-state index contributed by atoms with van der Waals surface area (Å²) < 4.78 is 22.1. The molecule has 0 spiro atoms. The van der Waals surface area contributed by atoms with Gasteiger partial charge in [-0.25, -0.2) is 4.90 Å². The van der Waals surface area contributed by atoms with Crippen LogP contribution in [0.5, 0.6) is 0 Å². The van der Waals surface area contributed by atoms with Gasteiger partial charge in [0.25, 0.3) is 10.6 Å². The molecule has 0 rings (SSSR count). The fraction of sp³-hybridized carbons (Fsp3) is 0.857. The lowest BCUT2D eigenvalue weighted by Crippen LogP contribution is -2.51. The first-order valence-corrected chi connectivity index (χ1v) is 6.58. The largest absolute Gasteiger partial charge is 0.533 e. The first-order valence-electron chi connectivity index (χ1n) is 4.15. The highest BCUT2D eigenvalue weighted by Gasteiger charge is 2.58. The highest BCUT2D eigenvalue weighted by atomic mass is 31.1. The van der Waals surface area contributed by atoms with Crippen LogP contribution in [0.2, 0.25) is 0 Å². The third kappa shape index (κ3) is 2.79. The summed E-state index contributed by atoms with van der Waals surface area (Å²) in [5.41, 5.74) is 0. The van der Waals surface area contributed by atoms with Gasteiger partial charge < -0.3 is 0 Å². The SMILES string of the molecule is CC(C)(N(C=O)C(C)(C)[P+](=O)O)[P+](=O)O. The van der Waals surface area contributed by atoms with Crippen LogP contribution in [0.3, 0.4) is 0 Å². The van der Waals surface area contributed by atoms with Crippen LogP contribution >= 0.6 is 16.1 Å². The van der Waals surface area contributed by atoms with E-state index in [0.29, 0.717) is 6.41 Å². The maximum atomic E-state index is 11.1. The zero-order valence-electron chi connectivity index (χ0n) is 9.04. The molecule has 1 amide bonds. The molecule has 0 saturated heterocycles. The van der Waals surface area contributed by atoms with E-state index in [1.165, 1.54) is 27.7 Å². The van der Waals surface area contributed by atoms with Crippen LogP contribution < -0.4 is 0 Å². The van der Waals surface area contributed by atoms with Gasteiger partial charge in [-0.1, -0.05) is 0 Å². The minimum atomic E-state index is -2.67. The van der Waals surface area contributed by atoms with Gasteiger partial charge in [-0.3, -0.25) is 4.79 Å². The lowest BCUT2D eigenvalue weighted by molar-refractivity contribution is -0.124. The number of carbonyl (C=O) groups excluding carboxylic acids is 1. The maximum Gasteiger partial charge on any atom is 0.533 e. The fourth-order valence-electron chi connectivity index (χ4n) is 1.11. The second kappa shape index (κ2) is 4.62. The molecule has 2 unspecified atom stereocenters. The Bertz CT molecular complexity index is 276. The molecule has 0 aromatic rings. The molecule has 86 valence electrons. The number of amides is 1. The van der Waals surface area contributed by atoms with Crippen molar-refractivity contribution in [2.24, 2.45) is 0 Å². The lowest BCUT2D eigenvalue weighted by atomic mass is 10.2. The zero-order valence-corrected chi connectivity index (χ0v) is 10.8. The minimum absolute atomic E-state index is 0.312. The average Bonchev–Trinajstić information content (AvgIpc) is 2.03. The fourth-order valence-corrected chi connectivity index (χ4v) is 2.15. The van der Waals surface area contributed by atoms with Gasteiger partial charge in [0.2, 0.25) is 6.41 Å². The summed E-state index contributed by atoms with van der Waals surface area (Å²) in [5, 5.41) is -2.76. The molecule has 2 N–H and O–H groups in total. The summed E-state index contributed by atoms with van der Waals surface area (Å²) in [7, 11) is -5.35. The average molecular weight is 255 g/mol. The Morgan fingerprint density at radius 2 is 1.27 bits per heavy atom. The molecule has 0 bridgehead atoms. The van der Waals surface area contributed by atoms with E-state index in [1.807, 2.05) is 0 Å². The van der Waals surface area contributed by atoms with Crippen molar-refractivity contribution in [2.45, 2.75) is 38.3 Å². The number of hydrogen-bond acceptors (Lipinski definition) is 3. The van der Waals surface area contributed by atoms with E-state index in [4.69, 9.17) is 9.79 Å². The lowest BCUT2D eigenvalue weighted by Gasteiger charge is -2.30. The molecule has 0 aliphatic rings. The van der Waals surface area contributed by atoms with Crippen molar-refractivity contribution in [3.8, 4) is 0 Å². The van der Waals surface area contributed by atoms with Crippen LogP contribution in [-0.2, 0) is 13.9 Å². The highest BCUT2D eigenvalue weighted by Crippen LogP contribution is 2.47. The van der Waals surface area contributed by atoms with Crippen LogP contribution in [0.4, 0.5) is 0 Å². The van der Waals surface area contributed by atoms with Crippen molar-refractivity contribution in [3.05, 3.63) is 0 Å². The smallest absolute Gasteiger partial charge is 0.278 e. The number of hydrogen-bond donors (Lipinski definition) is 2. The molecule has 0 heterocycles. The van der Waals surface area contributed by atoms with Gasteiger partial charge in [0.1, 0.15) is 0 Å². The molecular weight excluding hydrogens is 240 g/mol. The van der Waals surface area contributed by atoms with Gasteiger partial charge in [-0.15, -0.1) is 0 Å². The third-order valence-electron chi connectivity index (χ3n) is 2.22. The summed E-state index contributed by atoms with van der Waals surface area (Å²) in [5.74, 6) is 0. The number of nitrogens with zero attached hydrogens (tertiary/aromatic N) is 1. The molecule has 6 nitrogen and oxygen atoms in total. The summed E-state index contributed by atoms with van der Waals surface area (Å²) in [4.78, 5) is 29.9. The van der Waals surface area contributed by atoms with E-state index in [1.54, 1.807) is 0 Å². The van der Waals surface area contributed by atoms with Gasteiger partial charge in [0.05, 0.1) is 0 Å². The second-order valence-electron chi connectivity index (χ2n) is 4.01. The molecule has 2 atom stereocenters. The molecule has 0 radical (unpaired) electrons. The topological polar surface area (TPSA) is 94.9 Å². The van der Waals surface area contributed by atoms with Gasteiger partial charge >= 0.3 is 16.1 Å². The normalized spacial score (nSPS) is 14.5. The highest BCUT2D eigenvalue weighted by molar-refractivity contribution is 7.41. The van der Waals surface area contributed by atoms with Crippen molar-refractivity contribution in [3.63, 3.8) is 0 Å². The van der Waals surface area contributed by atoms with E-state index in [9.17, 15) is 13.9 Å². The molecule has 0 aromatic heterocycles. The van der Waals surface area contributed by atoms with Gasteiger partial charge in [0.15, 0.2) is 0 Å². The van der Waals surface area contributed by atoms with E-state index in [-0.39, 0.29) is 0 Å². The molecule has 8 heteroatoms. The van der Waals surface area contributed by atoms with E-state index in [2.05, 4.69) is 0 Å². The van der Waals surface area contributed by atoms with Crippen LogP contribution in [0, 0.1) is 0 Å². The Hall–Kier alpha value is -0.410. The molecular formula is C7H15NO5P2+2. The molecule has 0 aliphatic carbocycles. The Morgan fingerprint density at radius 3 is 1.40 bits per heavy atom. The second-order valence-corrected chi connectivity index (χ2v) is 7.29. The van der Waals surface area contributed by atoms with E-state index < -0.39 is 26.6 Å². The summed E-state index contributed by atoms with van der Waals surface area (Å²) in [6.07, 6.45) is 0.312. The quantitative estimate of drug-likeness (QED) is 0.571. The van der Waals surface area contributed by atoms with E-state index >= 15 is 0 Å².